The Bertz CT molecular complexity index is 297. The third kappa shape index (κ3) is 13.9. The van der Waals surface area contributed by atoms with Crippen molar-refractivity contribution in [2.24, 2.45) is 0 Å². The zero-order valence-corrected chi connectivity index (χ0v) is 13.2. The van der Waals surface area contributed by atoms with Crippen LogP contribution >= 0.6 is 0 Å². The fraction of sp³-hybridized carbons (Fsp3) is 0.867. The summed E-state index contributed by atoms with van der Waals surface area (Å²) in [5.74, 6) is 0.136. The number of hydrogen-bond donors (Lipinski definition) is 0. The van der Waals surface area contributed by atoms with Gasteiger partial charge in [-0.3, -0.25) is 4.18 Å². The van der Waals surface area contributed by atoms with Gasteiger partial charge in [0.25, 0.3) is 10.1 Å². The van der Waals surface area contributed by atoms with Crippen LogP contribution in [0, 0.1) is 0 Å². The van der Waals surface area contributed by atoms with E-state index >= 15 is 0 Å². The highest BCUT2D eigenvalue weighted by atomic mass is 32.2. The lowest BCUT2D eigenvalue weighted by Gasteiger charge is -2.04. The minimum Gasteiger partial charge on any atom is -0.266 e. The summed E-state index contributed by atoms with van der Waals surface area (Å²) in [6, 6.07) is 0. The Morgan fingerprint density at radius 2 is 1.37 bits per heavy atom. The summed E-state index contributed by atoms with van der Waals surface area (Å²) in [4.78, 5) is 0. The predicted molar refractivity (Wildman–Crippen MR) is 81.8 cm³/mol. The van der Waals surface area contributed by atoms with E-state index in [0.29, 0.717) is 6.42 Å². The van der Waals surface area contributed by atoms with Crippen molar-refractivity contribution >= 4 is 10.1 Å². The molecule has 114 valence electrons. The van der Waals surface area contributed by atoms with Gasteiger partial charge in [0, 0.05) is 0 Å². The van der Waals surface area contributed by atoms with Crippen molar-refractivity contribution in [2.45, 2.75) is 71.1 Å². The molecular weight excluding hydrogens is 260 g/mol. The van der Waals surface area contributed by atoms with Crippen LogP contribution in [0.1, 0.15) is 71.1 Å². The molecule has 0 aliphatic heterocycles. The van der Waals surface area contributed by atoms with E-state index in [1.165, 1.54) is 51.0 Å². The van der Waals surface area contributed by atoms with Crippen LogP contribution in [0.3, 0.4) is 0 Å². The smallest absolute Gasteiger partial charge is 0.266 e. The Morgan fingerprint density at radius 3 is 1.84 bits per heavy atom. The van der Waals surface area contributed by atoms with Gasteiger partial charge in [0.1, 0.15) is 0 Å². The average Bonchev–Trinajstić information content (AvgIpc) is 2.38. The topological polar surface area (TPSA) is 43.4 Å². The minimum absolute atomic E-state index is 0.0834. The monoisotopic (exact) mass is 290 g/mol. The van der Waals surface area contributed by atoms with Gasteiger partial charge in [0.2, 0.25) is 0 Å². The van der Waals surface area contributed by atoms with E-state index in [2.05, 4.69) is 13.5 Å². The van der Waals surface area contributed by atoms with E-state index in [1.807, 2.05) is 0 Å². The standard InChI is InChI=1S/C15H30O3S/c1-3-5-6-7-8-9-10-11-12-13-15-19(16,17)18-14-4-2/h4H,2-3,5-15H2,1H3. The second kappa shape index (κ2) is 12.7. The highest BCUT2D eigenvalue weighted by molar-refractivity contribution is 7.86. The van der Waals surface area contributed by atoms with E-state index in [4.69, 9.17) is 4.18 Å². The van der Waals surface area contributed by atoms with Crippen LogP contribution in [-0.2, 0) is 14.3 Å². The Hall–Kier alpha value is -0.350. The molecule has 0 aliphatic carbocycles. The zero-order valence-electron chi connectivity index (χ0n) is 12.4. The van der Waals surface area contributed by atoms with Crippen molar-refractivity contribution in [3.8, 4) is 0 Å². The maximum Gasteiger partial charge on any atom is 0.267 e. The summed E-state index contributed by atoms with van der Waals surface area (Å²) in [5.41, 5.74) is 0. The third-order valence-corrected chi connectivity index (χ3v) is 4.40. The maximum atomic E-state index is 11.4. The molecular formula is C15H30O3S. The van der Waals surface area contributed by atoms with E-state index in [1.54, 1.807) is 0 Å². The summed E-state index contributed by atoms with van der Waals surface area (Å²) in [6.45, 7) is 5.74. The molecule has 0 aromatic carbocycles. The summed E-state index contributed by atoms with van der Waals surface area (Å²) in [5, 5.41) is 0. The fourth-order valence-electron chi connectivity index (χ4n) is 1.98. The fourth-order valence-corrected chi connectivity index (χ4v) is 2.96. The highest BCUT2D eigenvalue weighted by Gasteiger charge is 2.09. The molecule has 0 heterocycles. The first-order chi connectivity index (χ1) is 9.12. The van der Waals surface area contributed by atoms with Gasteiger partial charge in [-0.25, -0.2) is 0 Å². The molecule has 0 aliphatic rings. The minimum atomic E-state index is -3.32. The quantitative estimate of drug-likeness (QED) is 0.270. The van der Waals surface area contributed by atoms with E-state index < -0.39 is 10.1 Å². The first-order valence-electron chi connectivity index (χ1n) is 7.60. The summed E-state index contributed by atoms with van der Waals surface area (Å²) < 4.78 is 27.4. The SMILES string of the molecule is C=CCOS(=O)(=O)CCCCCCCCCCCC. The molecule has 3 nitrogen and oxygen atoms in total. The first kappa shape index (κ1) is 18.7. The summed E-state index contributed by atoms with van der Waals surface area (Å²) in [6.07, 6.45) is 13.4. The molecule has 0 saturated heterocycles. The van der Waals surface area contributed by atoms with Crippen LogP contribution in [0.25, 0.3) is 0 Å². The van der Waals surface area contributed by atoms with Crippen molar-refractivity contribution in [2.75, 3.05) is 12.4 Å². The normalized spacial score (nSPS) is 11.6. The van der Waals surface area contributed by atoms with Gasteiger partial charge in [0.15, 0.2) is 0 Å². The van der Waals surface area contributed by atoms with Crippen molar-refractivity contribution in [3.05, 3.63) is 12.7 Å². The van der Waals surface area contributed by atoms with Crippen LogP contribution in [-0.4, -0.2) is 20.8 Å². The molecule has 4 heteroatoms. The van der Waals surface area contributed by atoms with Crippen LogP contribution in [0.2, 0.25) is 0 Å². The van der Waals surface area contributed by atoms with Crippen LogP contribution in [0.15, 0.2) is 12.7 Å². The van der Waals surface area contributed by atoms with E-state index in [-0.39, 0.29) is 12.4 Å². The maximum absolute atomic E-state index is 11.4. The van der Waals surface area contributed by atoms with Gasteiger partial charge in [0.05, 0.1) is 12.4 Å². The van der Waals surface area contributed by atoms with Gasteiger partial charge in [-0.2, -0.15) is 8.42 Å². The van der Waals surface area contributed by atoms with E-state index in [0.717, 1.165) is 12.8 Å². The van der Waals surface area contributed by atoms with Gasteiger partial charge >= 0.3 is 0 Å². The molecule has 0 rings (SSSR count). The molecule has 0 radical (unpaired) electrons. The molecule has 0 saturated carbocycles. The van der Waals surface area contributed by atoms with Crippen molar-refractivity contribution in [3.63, 3.8) is 0 Å². The first-order valence-corrected chi connectivity index (χ1v) is 9.18. The summed E-state index contributed by atoms with van der Waals surface area (Å²) in [7, 11) is -3.32. The molecule has 19 heavy (non-hydrogen) atoms. The molecule has 0 atom stereocenters. The highest BCUT2D eigenvalue weighted by Crippen LogP contribution is 2.11. The molecule has 0 aromatic heterocycles. The van der Waals surface area contributed by atoms with Gasteiger partial charge in [-0.15, -0.1) is 6.58 Å². The lowest BCUT2D eigenvalue weighted by atomic mass is 10.1. The van der Waals surface area contributed by atoms with Crippen LogP contribution < -0.4 is 0 Å². The summed E-state index contributed by atoms with van der Waals surface area (Å²) >= 11 is 0. The lowest BCUT2D eigenvalue weighted by Crippen LogP contribution is -2.10. The van der Waals surface area contributed by atoms with Crippen molar-refractivity contribution in [1.82, 2.24) is 0 Å². The molecule has 0 amide bonds. The van der Waals surface area contributed by atoms with Crippen LogP contribution in [0.4, 0.5) is 0 Å². The average molecular weight is 290 g/mol. The van der Waals surface area contributed by atoms with Gasteiger partial charge in [-0.1, -0.05) is 70.8 Å². The lowest BCUT2D eigenvalue weighted by molar-refractivity contribution is 0.356. The second-order valence-corrected chi connectivity index (χ2v) is 6.78. The third-order valence-electron chi connectivity index (χ3n) is 3.11. The molecule has 0 fully saturated rings. The predicted octanol–water partition coefficient (Wildman–Crippen LogP) is 4.44. The molecule has 0 N–H and O–H groups in total. The molecule has 0 spiro atoms. The Kier molecular flexibility index (Phi) is 12.4. The van der Waals surface area contributed by atoms with Crippen molar-refractivity contribution < 1.29 is 12.6 Å². The van der Waals surface area contributed by atoms with Crippen LogP contribution in [0.5, 0.6) is 0 Å². The molecule has 0 aromatic rings. The Morgan fingerprint density at radius 1 is 0.895 bits per heavy atom. The van der Waals surface area contributed by atoms with Gasteiger partial charge in [-0.05, 0) is 6.42 Å². The number of unbranched alkanes of at least 4 members (excludes halogenated alkanes) is 9. The Labute approximate surface area is 119 Å². The van der Waals surface area contributed by atoms with Crippen molar-refractivity contribution in [1.29, 1.82) is 0 Å². The van der Waals surface area contributed by atoms with E-state index in [9.17, 15) is 8.42 Å². The zero-order chi connectivity index (χ0) is 14.4. The van der Waals surface area contributed by atoms with Gasteiger partial charge < -0.3 is 0 Å². The number of hydrogen-bond acceptors (Lipinski definition) is 3. The largest absolute Gasteiger partial charge is 0.267 e. The second-order valence-electron chi connectivity index (χ2n) is 5.02. The molecule has 0 unspecified atom stereocenters. The Balaban J connectivity index is 3.28. The number of rotatable bonds is 14. The molecule has 0 bridgehead atoms.